The summed E-state index contributed by atoms with van der Waals surface area (Å²) in [7, 11) is 0. The third-order valence-electron chi connectivity index (χ3n) is 2.53. The first-order valence-corrected chi connectivity index (χ1v) is 5.15. The topological polar surface area (TPSA) is 36.7 Å². The molecule has 0 aliphatic heterocycles. The summed E-state index contributed by atoms with van der Waals surface area (Å²) in [6.45, 7) is 4.10. The molecule has 0 bridgehead atoms. The first-order valence-electron chi connectivity index (χ1n) is 5.15. The number of aromatic nitrogens is 1. The minimum Gasteiger partial charge on any atom is -0.237 e. The summed E-state index contributed by atoms with van der Waals surface area (Å²) in [5, 5.41) is 8.82. The fourth-order valence-electron chi connectivity index (χ4n) is 1.66. The van der Waals surface area contributed by atoms with Crippen LogP contribution < -0.4 is 0 Å². The smallest absolute Gasteiger partial charge is 0.141 e. The van der Waals surface area contributed by atoms with Crippen LogP contribution in [0.25, 0.3) is 11.3 Å². The maximum atomic E-state index is 8.82. The van der Waals surface area contributed by atoms with Crippen LogP contribution in [-0.2, 0) is 0 Å². The molecule has 0 spiro atoms. The molecule has 2 nitrogen and oxygen atoms in total. The fourth-order valence-corrected chi connectivity index (χ4v) is 1.66. The van der Waals surface area contributed by atoms with Crippen molar-refractivity contribution in [3.63, 3.8) is 0 Å². The van der Waals surface area contributed by atoms with Gasteiger partial charge in [0.05, 0.1) is 5.69 Å². The van der Waals surface area contributed by atoms with Crippen molar-refractivity contribution in [1.29, 1.82) is 5.26 Å². The van der Waals surface area contributed by atoms with Crippen molar-refractivity contribution in [2.24, 2.45) is 0 Å². The molecule has 0 radical (unpaired) electrons. The van der Waals surface area contributed by atoms with Crippen molar-refractivity contribution in [2.75, 3.05) is 0 Å². The van der Waals surface area contributed by atoms with E-state index in [1.807, 2.05) is 12.1 Å². The molecule has 78 valence electrons. The van der Waals surface area contributed by atoms with Gasteiger partial charge in [-0.1, -0.05) is 23.8 Å². The first-order chi connectivity index (χ1) is 7.70. The molecule has 0 N–H and O–H groups in total. The Kier molecular flexibility index (Phi) is 2.70. The molecule has 2 rings (SSSR count). The number of hydrogen-bond acceptors (Lipinski definition) is 2. The summed E-state index contributed by atoms with van der Waals surface area (Å²) in [5.41, 5.74) is 4.79. The summed E-state index contributed by atoms with van der Waals surface area (Å²) in [4.78, 5) is 4.30. The normalized spacial score (nSPS) is 9.81. The molecule has 1 aromatic heterocycles. The standard InChI is InChI=1S/C14H12N2/c1-10-6-7-11(2)13(8-10)14-5-3-4-12(9-15)16-14/h3-8H,1-2H3. The lowest BCUT2D eigenvalue weighted by atomic mass is 10.0. The van der Waals surface area contributed by atoms with E-state index in [9.17, 15) is 0 Å². The molecule has 2 heteroatoms. The van der Waals surface area contributed by atoms with E-state index in [0.29, 0.717) is 5.69 Å². The Labute approximate surface area is 95.2 Å². The minimum absolute atomic E-state index is 0.457. The van der Waals surface area contributed by atoms with Crippen LogP contribution in [0.2, 0.25) is 0 Å². The average molecular weight is 208 g/mol. The number of nitriles is 1. The lowest BCUT2D eigenvalue weighted by Gasteiger charge is -2.06. The van der Waals surface area contributed by atoms with Crippen LogP contribution in [0.15, 0.2) is 36.4 Å². The van der Waals surface area contributed by atoms with E-state index in [1.165, 1.54) is 11.1 Å². The molecule has 0 fully saturated rings. The van der Waals surface area contributed by atoms with Gasteiger partial charge >= 0.3 is 0 Å². The lowest BCUT2D eigenvalue weighted by Crippen LogP contribution is -1.90. The quantitative estimate of drug-likeness (QED) is 0.721. The van der Waals surface area contributed by atoms with Gasteiger partial charge in [0.1, 0.15) is 11.8 Å². The van der Waals surface area contributed by atoms with Gasteiger partial charge in [0, 0.05) is 5.56 Å². The van der Waals surface area contributed by atoms with Gasteiger partial charge in [-0.3, -0.25) is 0 Å². The average Bonchev–Trinajstić information content (AvgIpc) is 2.32. The van der Waals surface area contributed by atoms with E-state index in [4.69, 9.17) is 5.26 Å². The Bertz CT molecular complexity index is 565. The SMILES string of the molecule is Cc1ccc(C)c(-c2cccc(C#N)n2)c1. The predicted octanol–water partition coefficient (Wildman–Crippen LogP) is 3.24. The second kappa shape index (κ2) is 4.16. The Morgan fingerprint density at radius 3 is 2.69 bits per heavy atom. The van der Waals surface area contributed by atoms with Gasteiger partial charge in [0.25, 0.3) is 0 Å². The second-order valence-electron chi connectivity index (χ2n) is 3.84. The van der Waals surface area contributed by atoms with Gasteiger partial charge in [-0.05, 0) is 37.6 Å². The van der Waals surface area contributed by atoms with Crippen molar-refractivity contribution < 1.29 is 0 Å². The van der Waals surface area contributed by atoms with E-state index < -0.39 is 0 Å². The lowest BCUT2D eigenvalue weighted by molar-refractivity contribution is 1.25. The van der Waals surface area contributed by atoms with Crippen LogP contribution in [0.3, 0.4) is 0 Å². The maximum absolute atomic E-state index is 8.82. The molecule has 2 aromatic rings. The van der Waals surface area contributed by atoms with Crippen molar-refractivity contribution in [3.8, 4) is 17.3 Å². The molecular weight excluding hydrogens is 196 g/mol. The highest BCUT2D eigenvalue weighted by Gasteiger charge is 2.04. The van der Waals surface area contributed by atoms with E-state index in [2.05, 4.69) is 43.1 Å². The van der Waals surface area contributed by atoms with E-state index in [-0.39, 0.29) is 0 Å². The number of hydrogen-bond donors (Lipinski definition) is 0. The number of nitrogens with zero attached hydrogens (tertiary/aromatic N) is 2. The van der Waals surface area contributed by atoms with Gasteiger partial charge in [-0.25, -0.2) is 4.98 Å². The van der Waals surface area contributed by atoms with Crippen LogP contribution in [0.4, 0.5) is 0 Å². The van der Waals surface area contributed by atoms with Gasteiger partial charge < -0.3 is 0 Å². The highest BCUT2D eigenvalue weighted by Crippen LogP contribution is 2.22. The molecular formula is C14H12N2. The van der Waals surface area contributed by atoms with Gasteiger partial charge in [0.15, 0.2) is 0 Å². The summed E-state index contributed by atoms with van der Waals surface area (Å²) in [5.74, 6) is 0. The van der Waals surface area contributed by atoms with Crippen LogP contribution in [-0.4, -0.2) is 4.98 Å². The van der Waals surface area contributed by atoms with E-state index in [1.54, 1.807) is 6.07 Å². The zero-order valence-electron chi connectivity index (χ0n) is 9.36. The predicted molar refractivity (Wildman–Crippen MR) is 63.9 cm³/mol. The van der Waals surface area contributed by atoms with Crippen molar-refractivity contribution in [1.82, 2.24) is 4.98 Å². The van der Waals surface area contributed by atoms with Gasteiger partial charge in [-0.15, -0.1) is 0 Å². The van der Waals surface area contributed by atoms with Crippen LogP contribution >= 0.6 is 0 Å². The number of aryl methyl sites for hydroxylation is 2. The minimum atomic E-state index is 0.457. The van der Waals surface area contributed by atoms with Crippen molar-refractivity contribution in [3.05, 3.63) is 53.2 Å². The highest BCUT2D eigenvalue weighted by atomic mass is 14.7. The summed E-state index contributed by atoms with van der Waals surface area (Å²) in [6, 6.07) is 13.8. The number of pyridine rings is 1. The summed E-state index contributed by atoms with van der Waals surface area (Å²) < 4.78 is 0. The first kappa shape index (κ1) is 10.4. The Balaban J connectivity index is 2.58. The second-order valence-corrected chi connectivity index (χ2v) is 3.84. The van der Waals surface area contributed by atoms with Crippen LogP contribution in [0.5, 0.6) is 0 Å². The Hall–Kier alpha value is -2.14. The number of rotatable bonds is 1. The zero-order valence-corrected chi connectivity index (χ0v) is 9.36. The monoisotopic (exact) mass is 208 g/mol. The van der Waals surface area contributed by atoms with Gasteiger partial charge in [0.2, 0.25) is 0 Å². The third kappa shape index (κ3) is 1.94. The molecule has 0 amide bonds. The molecule has 16 heavy (non-hydrogen) atoms. The molecule has 0 saturated carbocycles. The molecule has 0 atom stereocenters. The van der Waals surface area contributed by atoms with Crippen LogP contribution in [0, 0.1) is 25.2 Å². The number of benzene rings is 1. The highest BCUT2D eigenvalue weighted by molar-refractivity contribution is 5.64. The third-order valence-corrected chi connectivity index (χ3v) is 2.53. The summed E-state index contributed by atoms with van der Waals surface area (Å²) in [6.07, 6.45) is 0. The van der Waals surface area contributed by atoms with Gasteiger partial charge in [-0.2, -0.15) is 5.26 Å². The summed E-state index contributed by atoms with van der Waals surface area (Å²) >= 11 is 0. The Morgan fingerprint density at radius 2 is 1.94 bits per heavy atom. The van der Waals surface area contributed by atoms with E-state index >= 15 is 0 Å². The molecule has 0 unspecified atom stereocenters. The zero-order chi connectivity index (χ0) is 11.5. The molecule has 0 aliphatic rings. The van der Waals surface area contributed by atoms with Crippen molar-refractivity contribution >= 4 is 0 Å². The van der Waals surface area contributed by atoms with Crippen molar-refractivity contribution in [2.45, 2.75) is 13.8 Å². The Morgan fingerprint density at radius 1 is 1.12 bits per heavy atom. The van der Waals surface area contributed by atoms with Crippen LogP contribution in [0.1, 0.15) is 16.8 Å². The molecule has 1 aromatic carbocycles. The maximum Gasteiger partial charge on any atom is 0.141 e. The largest absolute Gasteiger partial charge is 0.237 e. The molecule has 0 aliphatic carbocycles. The fraction of sp³-hybridized carbons (Fsp3) is 0.143. The molecule has 0 saturated heterocycles. The molecule has 1 heterocycles. The van der Waals surface area contributed by atoms with E-state index in [0.717, 1.165) is 11.3 Å².